The lowest BCUT2D eigenvalue weighted by atomic mass is 9.85. The van der Waals surface area contributed by atoms with Gasteiger partial charge in [0.05, 0.1) is 11.5 Å². The van der Waals surface area contributed by atoms with Crippen LogP contribution >= 0.6 is 0 Å². The molecule has 1 unspecified atom stereocenters. The molecule has 0 fully saturated rings. The van der Waals surface area contributed by atoms with E-state index in [1.54, 1.807) is 39.0 Å². The number of carboxylic acids is 1. The zero-order valence-corrected chi connectivity index (χ0v) is 21.1. The third-order valence-electron chi connectivity index (χ3n) is 5.58. The number of aliphatic carboxylic acids is 1. The molecule has 184 valence electrons. The molecule has 1 aromatic rings. The average Bonchev–Trinajstić information content (AvgIpc) is 2.73. The maximum atomic E-state index is 12.8. The van der Waals surface area contributed by atoms with Crippen molar-refractivity contribution in [3.05, 3.63) is 30.3 Å². The first-order chi connectivity index (χ1) is 15.1. The normalized spacial score (nSPS) is 14.2. The molecule has 1 atom stereocenters. The second-order valence-corrected chi connectivity index (χ2v) is 11.0. The van der Waals surface area contributed by atoms with Gasteiger partial charge >= 0.3 is 5.97 Å². The van der Waals surface area contributed by atoms with Gasteiger partial charge in [0, 0.05) is 5.41 Å². The van der Waals surface area contributed by atoms with Crippen molar-refractivity contribution in [2.45, 2.75) is 109 Å². The van der Waals surface area contributed by atoms with Crippen molar-refractivity contribution < 1.29 is 27.2 Å². The van der Waals surface area contributed by atoms with E-state index in [0.717, 1.165) is 19.3 Å². The van der Waals surface area contributed by atoms with Crippen LogP contribution < -0.4 is 0 Å². The number of hydrogen-bond acceptors (Lipinski definition) is 5. The van der Waals surface area contributed by atoms with Gasteiger partial charge in [0.1, 0.15) is 0 Å². The minimum Gasteiger partial charge on any atom is -0.477 e. The molecule has 0 saturated heterocycles. The molecule has 0 aromatic heterocycles. The van der Waals surface area contributed by atoms with Crippen molar-refractivity contribution in [2.75, 3.05) is 6.61 Å². The molecule has 0 aliphatic carbocycles. The van der Waals surface area contributed by atoms with Crippen LogP contribution in [0.1, 0.15) is 98.3 Å². The molecule has 0 radical (unpaired) electrons. The SMILES string of the molecule is CCCCCCCCCCCCCOC(OS(=O)(=O)c1ccccc1)(C(=O)O)C(C)(C)C. The standard InChI is InChI=1S/C25H42O6S/c1-5-6-7-8-9-10-11-12-13-14-18-21-30-25(23(26)27,24(2,3)4)31-32(28,29)22-19-16-15-17-20-22/h15-17,19-20H,5-14,18,21H2,1-4H3,(H,26,27). The Hall–Kier alpha value is -1.44. The summed E-state index contributed by atoms with van der Waals surface area (Å²) < 4.78 is 36.5. The number of ether oxygens (including phenoxy) is 1. The second-order valence-electron chi connectivity index (χ2n) is 9.41. The third kappa shape index (κ3) is 9.20. The monoisotopic (exact) mass is 470 g/mol. The largest absolute Gasteiger partial charge is 0.477 e. The van der Waals surface area contributed by atoms with Gasteiger partial charge in [-0.1, -0.05) is 110 Å². The molecular formula is C25H42O6S. The van der Waals surface area contributed by atoms with Crippen LogP contribution in [-0.4, -0.2) is 31.9 Å². The van der Waals surface area contributed by atoms with Crippen LogP contribution in [0.25, 0.3) is 0 Å². The fourth-order valence-electron chi connectivity index (χ4n) is 3.56. The van der Waals surface area contributed by atoms with E-state index in [1.165, 1.54) is 57.1 Å². The molecule has 7 heteroatoms. The summed E-state index contributed by atoms with van der Waals surface area (Å²) in [6.45, 7) is 7.14. The highest BCUT2D eigenvalue weighted by molar-refractivity contribution is 7.86. The molecule has 1 N–H and O–H groups in total. The van der Waals surface area contributed by atoms with Crippen molar-refractivity contribution in [3.8, 4) is 0 Å². The summed E-state index contributed by atoms with van der Waals surface area (Å²) in [5.74, 6) is -3.76. The Morgan fingerprint density at radius 1 is 0.844 bits per heavy atom. The number of carbonyl (C=O) groups is 1. The molecule has 0 aliphatic rings. The summed E-state index contributed by atoms with van der Waals surface area (Å²) in [5, 5.41) is 9.93. The Kier molecular flexibility index (Phi) is 12.5. The Morgan fingerprint density at radius 2 is 1.31 bits per heavy atom. The van der Waals surface area contributed by atoms with Crippen LogP contribution in [0, 0.1) is 5.41 Å². The number of hydrogen-bond donors (Lipinski definition) is 1. The Labute approximate surface area is 194 Å². The molecule has 6 nitrogen and oxygen atoms in total. The molecule has 1 rings (SSSR count). The lowest BCUT2D eigenvalue weighted by Crippen LogP contribution is -2.55. The molecule has 0 aliphatic heterocycles. The van der Waals surface area contributed by atoms with Crippen LogP contribution in [0.4, 0.5) is 0 Å². The third-order valence-corrected chi connectivity index (χ3v) is 6.88. The first-order valence-corrected chi connectivity index (χ1v) is 13.4. The fraction of sp³-hybridized carbons (Fsp3) is 0.720. The lowest BCUT2D eigenvalue weighted by molar-refractivity contribution is -0.246. The predicted octanol–water partition coefficient (Wildman–Crippen LogP) is 6.55. The van der Waals surface area contributed by atoms with E-state index >= 15 is 0 Å². The van der Waals surface area contributed by atoms with E-state index in [4.69, 9.17) is 8.92 Å². The molecule has 0 spiro atoms. The molecule has 1 aromatic carbocycles. The highest BCUT2D eigenvalue weighted by Gasteiger charge is 2.55. The van der Waals surface area contributed by atoms with Gasteiger partial charge in [0.15, 0.2) is 0 Å². The molecule has 0 bridgehead atoms. The first kappa shape index (κ1) is 28.6. The predicted molar refractivity (Wildman–Crippen MR) is 127 cm³/mol. The maximum absolute atomic E-state index is 12.8. The van der Waals surface area contributed by atoms with E-state index in [0.29, 0.717) is 6.42 Å². The first-order valence-electron chi connectivity index (χ1n) is 11.9. The fourth-order valence-corrected chi connectivity index (χ4v) is 4.82. The van der Waals surface area contributed by atoms with E-state index in [-0.39, 0.29) is 11.5 Å². The van der Waals surface area contributed by atoms with Crippen LogP contribution in [0.5, 0.6) is 0 Å². The van der Waals surface area contributed by atoms with Crippen molar-refractivity contribution in [3.63, 3.8) is 0 Å². The number of unbranched alkanes of at least 4 members (excludes halogenated alkanes) is 10. The van der Waals surface area contributed by atoms with Gasteiger partial charge in [-0.05, 0) is 18.6 Å². The molecule has 0 heterocycles. The summed E-state index contributed by atoms with van der Waals surface area (Å²) in [5.41, 5.74) is -1.11. The van der Waals surface area contributed by atoms with Crippen molar-refractivity contribution in [1.29, 1.82) is 0 Å². The molecule has 32 heavy (non-hydrogen) atoms. The molecule has 0 amide bonds. The summed E-state index contributed by atoms with van der Waals surface area (Å²) in [4.78, 5) is 12.1. The van der Waals surface area contributed by atoms with Gasteiger partial charge in [-0.25, -0.2) is 8.98 Å². The number of rotatable bonds is 17. The second kappa shape index (κ2) is 14.0. The summed E-state index contributed by atoms with van der Waals surface area (Å²) >= 11 is 0. The number of benzene rings is 1. The van der Waals surface area contributed by atoms with Crippen molar-refractivity contribution in [2.24, 2.45) is 5.41 Å². The van der Waals surface area contributed by atoms with Crippen LogP contribution in [0.2, 0.25) is 0 Å². The zero-order valence-electron chi connectivity index (χ0n) is 20.3. The molecular weight excluding hydrogens is 428 g/mol. The maximum Gasteiger partial charge on any atom is 0.366 e. The van der Waals surface area contributed by atoms with Crippen molar-refractivity contribution in [1.82, 2.24) is 0 Å². The van der Waals surface area contributed by atoms with E-state index < -0.39 is 27.3 Å². The van der Waals surface area contributed by atoms with E-state index in [9.17, 15) is 18.3 Å². The Bertz CT molecular complexity index is 754. The Balaban J connectivity index is 2.57. The summed E-state index contributed by atoms with van der Waals surface area (Å²) in [6, 6.07) is 7.53. The van der Waals surface area contributed by atoms with Crippen molar-refractivity contribution >= 4 is 16.1 Å². The minimum absolute atomic E-state index is 0.104. The highest BCUT2D eigenvalue weighted by atomic mass is 32.2. The summed E-state index contributed by atoms with van der Waals surface area (Å²) in [7, 11) is -4.32. The average molecular weight is 471 g/mol. The topological polar surface area (TPSA) is 89.9 Å². The van der Waals surface area contributed by atoms with Gasteiger partial charge in [-0.15, -0.1) is 0 Å². The summed E-state index contributed by atoms with van der Waals surface area (Å²) in [6.07, 6.45) is 12.8. The van der Waals surface area contributed by atoms with Crippen LogP contribution in [0.3, 0.4) is 0 Å². The van der Waals surface area contributed by atoms with Crippen LogP contribution in [0.15, 0.2) is 35.2 Å². The molecule has 0 saturated carbocycles. The zero-order chi connectivity index (χ0) is 24.1. The Morgan fingerprint density at radius 3 is 1.75 bits per heavy atom. The lowest BCUT2D eigenvalue weighted by Gasteiger charge is -2.39. The van der Waals surface area contributed by atoms with Gasteiger partial charge < -0.3 is 9.84 Å². The number of carboxylic acid groups (broad SMARTS) is 1. The van der Waals surface area contributed by atoms with Gasteiger partial charge in [-0.2, -0.15) is 8.42 Å². The quantitative estimate of drug-likeness (QED) is 0.158. The van der Waals surface area contributed by atoms with E-state index in [2.05, 4.69) is 6.92 Å². The minimum atomic E-state index is -4.32. The van der Waals surface area contributed by atoms with Crippen LogP contribution in [-0.2, 0) is 23.8 Å². The van der Waals surface area contributed by atoms with Gasteiger partial charge in [0.25, 0.3) is 15.9 Å². The smallest absolute Gasteiger partial charge is 0.366 e. The van der Waals surface area contributed by atoms with E-state index in [1.807, 2.05) is 0 Å². The highest BCUT2D eigenvalue weighted by Crippen LogP contribution is 2.38. The van der Waals surface area contributed by atoms with Gasteiger partial charge in [0.2, 0.25) is 0 Å². The van der Waals surface area contributed by atoms with Gasteiger partial charge in [-0.3, -0.25) is 0 Å².